The van der Waals surface area contributed by atoms with Gasteiger partial charge >= 0.3 is 0 Å². The summed E-state index contributed by atoms with van der Waals surface area (Å²) in [5.41, 5.74) is 3.50. The molecular formula is C17H20N6OS. The molecule has 0 atom stereocenters. The van der Waals surface area contributed by atoms with E-state index >= 15 is 0 Å². The molecule has 3 rings (SSSR count). The standard InChI is InChI=1S/C17H20N6OS/c1-5-23-16(14-9-18-6-7-19-14)20-21-17(23)25-10-15(24)13-8-11(2)22(4)12(13)3/h6-9H,5,10H2,1-4H3. The highest BCUT2D eigenvalue weighted by molar-refractivity contribution is 7.99. The van der Waals surface area contributed by atoms with Gasteiger partial charge in [-0.15, -0.1) is 10.2 Å². The predicted octanol–water partition coefficient (Wildman–Crippen LogP) is 2.69. The monoisotopic (exact) mass is 356 g/mol. The molecule has 0 bridgehead atoms. The normalized spacial score (nSPS) is 11.0. The molecule has 0 saturated carbocycles. The Labute approximate surface area is 150 Å². The third-order valence-electron chi connectivity index (χ3n) is 4.23. The van der Waals surface area contributed by atoms with Crippen molar-refractivity contribution in [3.05, 3.63) is 41.6 Å². The Kier molecular flexibility index (Phi) is 4.98. The molecule has 0 unspecified atom stereocenters. The Balaban J connectivity index is 1.79. The molecule has 0 aliphatic heterocycles. The maximum absolute atomic E-state index is 12.6. The Hall–Kier alpha value is -2.48. The van der Waals surface area contributed by atoms with Gasteiger partial charge in [-0.25, -0.2) is 4.98 Å². The van der Waals surface area contributed by atoms with Gasteiger partial charge in [0, 0.05) is 42.9 Å². The van der Waals surface area contributed by atoms with Crippen LogP contribution in [-0.2, 0) is 13.6 Å². The van der Waals surface area contributed by atoms with Crippen LogP contribution in [0.4, 0.5) is 0 Å². The van der Waals surface area contributed by atoms with Gasteiger partial charge in [0.25, 0.3) is 0 Å². The molecule has 0 aliphatic carbocycles. The summed E-state index contributed by atoms with van der Waals surface area (Å²) in [6, 6.07) is 1.94. The smallest absolute Gasteiger partial charge is 0.191 e. The fourth-order valence-electron chi connectivity index (χ4n) is 2.63. The van der Waals surface area contributed by atoms with Crippen molar-refractivity contribution in [2.24, 2.45) is 7.05 Å². The molecule has 0 fully saturated rings. The number of ketones is 1. The largest absolute Gasteiger partial charge is 0.351 e. The number of hydrogen-bond acceptors (Lipinski definition) is 6. The third-order valence-corrected chi connectivity index (χ3v) is 5.20. The second-order valence-corrected chi connectivity index (χ2v) is 6.64. The van der Waals surface area contributed by atoms with Crippen molar-refractivity contribution in [2.75, 3.05) is 5.75 Å². The average molecular weight is 356 g/mol. The molecule has 0 aliphatic rings. The number of carbonyl (C=O) groups excluding carboxylic acids is 1. The van der Waals surface area contributed by atoms with Crippen LogP contribution >= 0.6 is 11.8 Å². The number of carbonyl (C=O) groups is 1. The second kappa shape index (κ2) is 7.18. The maximum atomic E-state index is 12.6. The van der Waals surface area contributed by atoms with Gasteiger partial charge in [-0.1, -0.05) is 11.8 Å². The Morgan fingerprint density at radius 1 is 1.24 bits per heavy atom. The van der Waals surface area contributed by atoms with Gasteiger partial charge in [-0.05, 0) is 26.8 Å². The van der Waals surface area contributed by atoms with Gasteiger partial charge in [0.1, 0.15) is 5.69 Å². The lowest BCUT2D eigenvalue weighted by Gasteiger charge is -2.06. The summed E-state index contributed by atoms with van der Waals surface area (Å²) in [4.78, 5) is 20.9. The van der Waals surface area contributed by atoms with Crippen LogP contribution in [0.3, 0.4) is 0 Å². The fraction of sp³-hybridized carbons (Fsp3) is 0.353. The van der Waals surface area contributed by atoms with Crippen molar-refractivity contribution < 1.29 is 4.79 Å². The first-order valence-corrected chi connectivity index (χ1v) is 9.00. The van der Waals surface area contributed by atoms with Gasteiger partial charge in [-0.2, -0.15) is 0 Å². The molecule has 3 heterocycles. The lowest BCUT2D eigenvalue weighted by Crippen LogP contribution is -2.06. The van der Waals surface area contributed by atoms with Crippen LogP contribution in [0.5, 0.6) is 0 Å². The van der Waals surface area contributed by atoms with E-state index in [1.807, 2.05) is 43.0 Å². The number of aromatic nitrogens is 6. The number of rotatable bonds is 6. The molecule has 0 saturated heterocycles. The van der Waals surface area contributed by atoms with Crippen molar-refractivity contribution in [1.29, 1.82) is 0 Å². The van der Waals surface area contributed by atoms with Crippen LogP contribution in [0, 0.1) is 13.8 Å². The molecule has 0 N–H and O–H groups in total. The van der Waals surface area contributed by atoms with Crippen molar-refractivity contribution in [3.63, 3.8) is 0 Å². The summed E-state index contributed by atoms with van der Waals surface area (Å²) in [5, 5.41) is 9.15. The van der Waals surface area contributed by atoms with Gasteiger partial charge in [0.15, 0.2) is 16.8 Å². The van der Waals surface area contributed by atoms with Gasteiger partial charge < -0.3 is 9.13 Å². The number of nitrogens with zero attached hydrogens (tertiary/aromatic N) is 6. The summed E-state index contributed by atoms with van der Waals surface area (Å²) in [5.74, 6) is 1.08. The average Bonchev–Trinajstić information content (AvgIpc) is 3.16. The summed E-state index contributed by atoms with van der Waals surface area (Å²) in [7, 11) is 1.97. The highest BCUT2D eigenvalue weighted by Crippen LogP contribution is 2.24. The van der Waals surface area contributed by atoms with E-state index < -0.39 is 0 Å². The fourth-order valence-corrected chi connectivity index (χ4v) is 3.52. The zero-order valence-corrected chi connectivity index (χ0v) is 15.5. The van der Waals surface area contributed by atoms with Crippen molar-refractivity contribution >= 4 is 17.5 Å². The molecule has 130 valence electrons. The molecular weight excluding hydrogens is 336 g/mol. The molecule has 25 heavy (non-hydrogen) atoms. The molecule has 8 heteroatoms. The van der Waals surface area contributed by atoms with E-state index in [1.165, 1.54) is 11.8 Å². The zero-order chi connectivity index (χ0) is 18.0. The first kappa shape index (κ1) is 17.3. The minimum absolute atomic E-state index is 0.0953. The number of aryl methyl sites for hydroxylation is 1. The number of Topliss-reactive ketones (excluding diaryl/α,β-unsaturated/α-hetero) is 1. The van der Waals surface area contributed by atoms with Crippen LogP contribution in [0.15, 0.2) is 29.8 Å². The summed E-state index contributed by atoms with van der Waals surface area (Å²) >= 11 is 1.40. The third kappa shape index (κ3) is 3.34. The van der Waals surface area contributed by atoms with Crippen molar-refractivity contribution in [1.82, 2.24) is 29.3 Å². The van der Waals surface area contributed by atoms with Gasteiger partial charge in [0.2, 0.25) is 0 Å². The van der Waals surface area contributed by atoms with E-state index in [2.05, 4.69) is 20.2 Å². The first-order chi connectivity index (χ1) is 12.0. The highest BCUT2D eigenvalue weighted by atomic mass is 32.2. The van der Waals surface area contributed by atoms with Crippen molar-refractivity contribution in [2.45, 2.75) is 32.5 Å². The lowest BCUT2D eigenvalue weighted by atomic mass is 10.2. The number of hydrogen-bond donors (Lipinski definition) is 0. The minimum atomic E-state index is 0.0953. The lowest BCUT2D eigenvalue weighted by molar-refractivity contribution is 0.102. The molecule has 0 aromatic carbocycles. The maximum Gasteiger partial charge on any atom is 0.191 e. The Bertz CT molecular complexity index is 900. The van der Waals surface area contributed by atoms with Crippen LogP contribution < -0.4 is 0 Å². The van der Waals surface area contributed by atoms with E-state index in [-0.39, 0.29) is 5.78 Å². The highest BCUT2D eigenvalue weighted by Gasteiger charge is 2.18. The van der Waals surface area contributed by atoms with Crippen LogP contribution in [0.25, 0.3) is 11.5 Å². The van der Waals surface area contributed by atoms with E-state index in [0.29, 0.717) is 29.0 Å². The Morgan fingerprint density at radius 2 is 2.04 bits per heavy atom. The van der Waals surface area contributed by atoms with Crippen LogP contribution in [-0.4, -0.2) is 40.8 Å². The van der Waals surface area contributed by atoms with E-state index in [9.17, 15) is 4.79 Å². The zero-order valence-electron chi connectivity index (χ0n) is 14.7. The summed E-state index contributed by atoms with van der Waals surface area (Å²) < 4.78 is 3.98. The number of thioether (sulfide) groups is 1. The summed E-state index contributed by atoms with van der Waals surface area (Å²) in [6.07, 6.45) is 4.90. The molecule has 3 aromatic rings. The van der Waals surface area contributed by atoms with Crippen LogP contribution in [0.2, 0.25) is 0 Å². The molecule has 7 nitrogen and oxygen atoms in total. The second-order valence-electron chi connectivity index (χ2n) is 5.70. The van der Waals surface area contributed by atoms with E-state index in [0.717, 1.165) is 17.0 Å². The van der Waals surface area contributed by atoms with Crippen molar-refractivity contribution in [3.8, 4) is 11.5 Å². The SMILES string of the molecule is CCn1c(SCC(=O)c2cc(C)n(C)c2C)nnc1-c1cnccn1. The topological polar surface area (TPSA) is 78.5 Å². The Morgan fingerprint density at radius 3 is 2.64 bits per heavy atom. The molecule has 0 spiro atoms. The molecule has 0 amide bonds. The van der Waals surface area contributed by atoms with Crippen LogP contribution in [0.1, 0.15) is 28.7 Å². The summed E-state index contributed by atoms with van der Waals surface area (Å²) in [6.45, 7) is 6.67. The minimum Gasteiger partial charge on any atom is -0.351 e. The van der Waals surface area contributed by atoms with Gasteiger partial charge in [0.05, 0.1) is 11.9 Å². The van der Waals surface area contributed by atoms with E-state index in [4.69, 9.17) is 0 Å². The quantitative estimate of drug-likeness (QED) is 0.499. The van der Waals surface area contributed by atoms with E-state index in [1.54, 1.807) is 18.6 Å². The predicted molar refractivity (Wildman–Crippen MR) is 96.7 cm³/mol. The molecule has 0 radical (unpaired) electrons. The first-order valence-electron chi connectivity index (χ1n) is 8.01. The van der Waals surface area contributed by atoms with Gasteiger partial charge in [-0.3, -0.25) is 9.78 Å². The molecule has 3 aromatic heterocycles.